The third kappa shape index (κ3) is 3.69. The van der Waals surface area contributed by atoms with Crippen molar-refractivity contribution in [3.05, 3.63) is 97.1 Å². The summed E-state index contributed by atoms with van der Waals surface area (Å²) in [5.41, 5.74) is 20.6. The second-order valence-corrected chi connectivity index (χ2v) is 8.17. The summed E-state index contributed by atoms with van der Waals surface area (Å²) in [7, 11) is 3.32. The molecule has 5 aromatic rings. The molecular formula is C30H26N2O2. The van der Waals surface area contributed by atoms with Gasteiger partial charge in [0.1, 0.15) is 11.5 Å². The lowest BCUT2D eigenvalue weighted by atomic mass is 9.86. The molecule has 0 aromatic heterocycles. The molecule has 5 aromatic carbocycles. The van der Waals surface area contributed by atoms with Crippen LogP contribution in [0.2, 0.25) is 0 Å². The highest BCUT2D eigenvalue weighted by Crippen LogP contribution is 2.47. The van der Waals surface area contributed by atoms with Crippen molar-refractivity contribution in [2.75, 3.05) is 25.7 Å². The van der Waals surface area contributed by atoms with Gasteiger partial charge in [-0.2, -0.15) is 0 Å². The molecule has 4 heteroatoms. The van der Waals surface area contributed by atoms with E-state index in [9.17, 15) is 0 Å². The van der Waals surface area contributed by atoms with E-state index in [2.05, 4.69) is 24.3 Å². The number of hydrogen-bond acceptors (Lipinski definition) is 4. The monoisotopic (exact) mass is 446 g/mol. The molecular weight excluding hydrogens is 420 g/mol. The molecule has 34 heavy (non-hydrogen) atoms. The standard InChI is InChI=1S/C30H26N2O2/c1-33-22-12-5-10-20(16-22)26-18-27(31)29(25-15-7-9-19-8-3-4-14-24(19)25)30(32)28(26)21-11-6-13-23(17-21)34-2/h3-18H,31-32H2,1-2H3. The Morgan fingerprint density at radius 1 is 0.559 bits per heavy atom. The Hall–Kier alpha value is -4.44. The Kier molecular flexibility index (Phi) is 5.56. The van der Waals surface area contributed by atoms with Crippen molar-refractivity contribution in [2.24, 2.45) is 0 Å². The lowest BCUT2D eigenvalue weighted by Crippen LogP contribution is -2.02. The number of rotatable bonds is 5. The van der Waals surface area contributed by atoms with Crippen LogP contribution in [0.1, 0.15) is 0 Å². The van der Waals surface area contributed by atoms with Gasteiger partial charge in [-0.3, -0.25) is 0 Å². The highest BCUT2D eigenvalue weighted by atomic mass is 16.5. The van der Waals surface area contributed by atoms with E-state index >= 15 is 0 Å². The largest absolute Gasteiger partial charge is 0.497 e. The molecule has 0 atom stereocenters. The zero-order valence-electron chi connectivity index (χ0n) is 19.2. The van der Waals surface area contributed by atoms with Gasteiger partial charge >= 0.3 is 0 Å². The predicted octanol–water partition coefficient (Wildman–Crippen LogP) is 7.02. The topological polar surface area (TPSA) is 70.5 Å². The fraction of sp³-hybridized carbons (Fsp3) is 0.0667. The molecule has 4 N–H and O–H groups in total. The Morgan fingerprint density at radius 2 is 1.18 bits per heavy atom. The Bertz CT molecular complexity index is 1500. The van der Waals surface area contributed by atoms with E-state index < -0.39 is 0 Å². The third-order valence-electron chi connectivity index (χ3n) is 6.19. The average molecular weight is 447 g/mol. The van der Waals surface area contributed by atoms with Gasteiger partial charge in [0.2, 0.25) is 0 Å². The van der Waals surface area contributed by atoms with E-state index in [1.807, 2.05) is 72.8 Å². The van der Waals surface area contributed by atoms with E-state index in [-0.39, 0.29) is 0 Å². The molecule has 0 aliphatic heterocycles. The summed E-state index contributed by atoms with van der Waals surface area (Å²) < 4.78 is 11.0. The molecule has 0 amide bonds. The fourth-order valence-electron chi connectivity index (χ4n) is 4.58. The van der Waals surface area contributed by atoms with E-state index in [1.165, 1.54) is 0 Å². The van der Waals surface area contributed by atoms with Gasteiger partial charge in [-0.05, 0) is 63.4 Å². The van der Waals surface area contributed by atoms with Crippen molar-refractivity contribution in [2.45, 2.75) is 0 Å². The minimum atomic E-state index is 0.623. The molecule has 0 heterocycles. The number of benzene rings is 5. The molecule has 168 valence electrons. The van der Waals surface area contributed by atoms with Gasteiger partial charge in [-0.25, -0.2) is 0 Å². The first-order chi connectivity index (χ1) is 16.6. The first-order valence-corrected chi connectivity index (χ1v) is 11.1. The van der Waals surface area contributed by atoms with Crippen molar-refractivity contribution in [1.29, 1.82) is 0 Å². The van der Waals surface area contributed by atoms with Crippen molar-refractivity contribution in [3.63, 3.8) is 0 Å². The van der Waals surface area contributed by atoms with Gasteiger partial charge in [0, 0.05) is 16.8 Å². The van der Waals surface area contributed by atoms with E-state index in [1.54, 1.807) is 14.2 Å². The molecule has 0 spiro atoms. The van der Waals surface area contributed by atoms with Crippen LogP contribution in [-0.4, -0.2) is 14.2 Å². The molecule has 0 bridgehead atoms. The van der Waals surface area contributed by atoms with E-state index in [0.717, 1.165) is 55.7 Å². The van der Waals surface area contributed by atoms with Gasteiger partial charge in [0.25, 0.3) is 0 Å². The van der Waals surface area contributed by atoms with Crippen molar-refractivity contribution < 1.29 is 9.47 Å². The molecule has 0 aliphatic carbocycles. The number of hydrogen-bond donors (Lipinski definition) is 2. The minimum absolute atomic E-state index is 0.623. The summed E-state index contributed by atoms with van der Waals surface area (Å²) in [5.74, 6) is 1.53. The maximum absolute atomic E-state index is 6.99. The van der Waals surface area contributed by atoms with Crippen LogP contribution in [0.25, 0.3) is 44.2 Å². The van der Waals surface area contributed by atoms with Gasteiger partial charge in [-0.15, -0.1) is 0 Å². The molecule has 0 radical (unpaired) electrons. The van der Waals surface area contributed by atoms with Crippen LogP contribution >= 0.6 is 0 Å². The van der Waals surface area contributed by atoms with Crippen LogP contribution in [0.4, 0.5) is 11.4 Å². The maximum Gasteiger partial charge on any atom is 0.119 e. The number of methoxy groups -OCH3 is 2. The molecule has 0 saturated carbocycles. The smallest absolute Gasteiger partial charge is 0.119 e. The van der Waals surface area contributed by atoms with Crippen LogP contribution in [0, 0.1) is 0 Å². The SMILES string of the molecule is COc1cccc(-c2cc(N)c(-c3cccc4ccccc34)c(N)c2-c2cccc(OC)c2)c1. The molecule has 5 rings (SSSR count). The average Bonchev–Trinajstić information content (AvgIpc) is 2.88. The molecule has 0 saturated heterocycles. The molecule has 0 fully saturated rings. The second kappa shape index (κ2) is 8.83. The first kappa shape index (κ1) is 21.4. The summed E-state index contributed by atoms with van der Waals surface area (Å²) in [6.45, 7) is 0. The second-order valence-electron chi connectivity index (χ2n) is 8.17. The van der Waals surface area contributed by atoms with Crippen LogP contribution in [-0.2, 0) is 0 Å². The zero-order valence-corrected chi connectivity index (χ0v) is 19.2. The summed E-state index contributed by atoms with van der Waals surface area (Å²) in [4.78, 5) is 0. The lowest BCUT2D eigenvalue weighted by Gasteiger charge is -2.21. The normalized spacial score (nSPS) is 10.9. The predicted molar refractivity (Wildman–Crippen MR) is 142 cm³/mol. The van der Waals surface area contributed by atoms with E-state index in [0.29, 0.717) is 11.4 Å². The highest BCUT2D eigenvalue weighted by Gasteiger charge is 2.20. The van der Waals surface area contributed by atoms with Crippen LogP contribution in [0.3, 0.4) is 0 Å². The summed E-state index contributed by atoms with van der Waals surface area (Å²) in [5, 5.41) is 2.24. The Balaban J connectivity index is 1.85. The van der Waals surface area contributed by atoms with Crippen LogP contribution in [0.5, 0.6) is 11.5 Å². The Morgan fingerprint density at radius 3 is 1.91 bits per heavy atom. The van der Waals surface area contributed by atoms with Gasteiger partial charge in [0.05, 0.1) is 19.9 Å². The van der Waals surface area contributed by atoms with Crippen LogP contribution in [0.15, 0.2) is 97.1 Å². The summed E-state index contributed by atoms with van der Waals surface area (Å²) >= 11 is 0. The number of ether oxygens (including phenoxy) is 2. The van der Waals surface area contributed by atoms with Crippen LogP contribution < -0.4 is 20.9 Å². The summed E-state index contributed by atoms with van der Waals surface area (Å²) in [6, 6.07) is 32.3. The number of fused-ring (bicyclic) bond motifs is 1. The van der Waals surface area contributed by atoms with E-state index in [4.69, 9.17) is 20.9 Å². The van der Waals surface area contributed by atoms with Gasteiger partial charge in [0.15, 0.2) is 0 Å². The number of anilines is 2. The zero-order chi connectivity index (χ0) is 23.7. The quantitative estimate of drug-likeness (QED) is 0.285. The number of nitrogen functional groups attached to an aromatic ring is 2. The Labute approximate surface area is 199 Å². The molecule has 0 unspecified atom stereocenters. The fourth-order valence-corrected chi connectivity index (χ4v) is 4.58. The van der Waals surface area contributed by atoms with Crippen molar-refractivity contribution in [1.82, 2.24) is 0 Å². The van der Waals surface area contributed by atoms with Crippen molar-refractivity contribution >= 4 is 22.1 Å². The highest BCUT2D eigenvalue weighted by molar-refractivity contribution is 6.08. The van der Waals surface area contributed by atoms with Crippen molar-refractivity contribution in [3.8, 4) is 44.9 Å². The third-order valence-corrected chi connectivity index (χ3v) is 6.19. The molecule has 4 nitrogen and oxygen atoms in total. The van der Waals surface area contributed by atoms with Gasteiger partial charge in [-0.1, -0.05) is 66.7 Å². The summed E-state index contributed by atoms with van der Waals surface area (Å²) in [6.07, 6.45) is 0. The number of nitrogens with two attached hydrogens (primary N) is 2. The molecule has 0 aliphatic rings. The lowest BCUT2D eigenvalue weighted by molar-refractivity contribution is 0.415. The van der Waals surface area contributed by atoms with Gasteiger partial charge < -0.3 is 20.9 Å². The maximum atomic E-state index is 6.99. The first-order valence-electron chi connectivity index (χ1n) is 11.1. The minimum Gasteiger partial charge on any atom is -0.497 e.